The Morgan fingerprint density at radius 3 is 2.65 bits per heavy atom. The van der Waals surface area contributed by atoms with E-state index in [1.54, 1.807) is 0 Å². The van der Waals surface area contributed by atoms with Crippen LogP contribution in [-0.4, -0.2) is 33.6 Å². The lowest BCUT2D eigenvalue weighted by Crippen LogP contribution is -2.38. The molecule has 0 saturated heterocycles. The standard InChI is InChI=1S/C19H24N6.HI/c1-3-20-19(22-14-16-9-7-15(2)8-10-16)21-12-11-18-24-23-17-6-4-5-13-25(17)18;/h4-10,13H,3,11-12,14H2,1-2H3,(H2,20,21,22);1H. The first kappa shape index (κ1) is 20.2. The zero-order valence-electron chi connectivity index (χ0n) is 15.1. The van der Waals surface area contributed by atoms with E-state index in [1.165, 1.54) is 11.1 Å². The van der Waals surface area contributed by atoms with Crippen LogP contribution in [0.1, 0.15) is 23.9 Å². The van der Waals surface area contributed by atoms with Gasteiger partial charge in [-0.15, -0.1) is 34.2 Å². The van der Waals surface area contributed by atoms with Crippen LogP contribution in [0.25, 0.3) is 5.65 Å². The van der Waals surface area contributed by atoms with E-state index in [-0.39, 0.29) is 24.0 Å². The molecule has 26 heavy (non-hydrogen) atoms. The Morgan fingerprint density at radius 2 is 1.88 bits per heavy atom. The molecule has 3 rings (SSSR count). The summed E-state index contributed by atoms with van der Waals surface area (Å²) in [6.45, 7) is 6.38. The van der Waals surface area contributed by atoms with E-state index < -0.39 is 0 Å². The summed E-state index contributed by atoms with van der Waals surface area (Å²) in [5.41, 5.74) is 3.34. The van der Waals surface area contributed by atoms with Gasteiger partial charge in [0.05, 0.1) is 6.54 Å². The van der Waals surface area contributed by atoms with E-state index in [0.29, 0.717) is 6.54 Å². The van der Waals surface area contributed by atoms with Crippen molar-refractivity contribution < 1.29 is 0 Å². The average molecular weight is 464 g/mol. The van der Waals surface area contributed by atoms with Crippen LogP contribution >= 0.6 is 24.0 Å². The summed E-state index contributed by atoms with van der Waals surface area (Å²) in [5, 5.41) is 15.1. The van der Waals surface area contributed by atoms with Crippen LogP contribution in [0.3, 0.4) is 0 Å². The van der Waals surface area contributed by atoms with Crippen LogP contribution < -0.4 is 10.6 Å². The molecule has 0 unspecified atom stereocenters. The van der Waals surface area contributed by atoms with Gasteiger partial charge in [-0.05, 0) is 31.5 Å². The van der Waals surface area contributed by atoms with Crippen molar-refractivity contribution in [2.45, 2.75) is 26.8 Å². The van der Waals surface area contributed by atoms with Crippen molar-refractivity contribution in [1.82, 2.24) is 25.2 Å². The summed E-state index contributed by atoms with van der Waals surface area (Å²) >= 11 is 0. The number of guanidine groups is 1. The second-order valence-electron chi connectivity index (χ2n) is 5.90. The van der Waals surface area contributed by atoms with Gasteiger partial charge in [-0.1, -0.05) is 35.9 Å². The van der Waals surface area contributed by atoms with Crippen molar-refractivity contribution in [3.05, 3.63) is 65.6 Å². The second-order valence-corrected chi connectivity index (χ2v) is 5.90. The number of aliphatic imine (C=N–C) groups is 1. The molecule has 6 nitrogen and oxygen atoms in total. The minimum absolute atomic E-state index is 0. The van der Waals surface area contributed by atoms with E-state index in [4.69, 9.17) is 0 Å². The molecule has 0 aliphatic heterocycles. The topological polar surface area (TPSA) is 66.6 Å². The molecule has 2 aromatic heterocycles. The van der Waals surface area contributed by atoms with Gasteiger partial charge in [-0.2, -0.15) is 0 Å². The molecule has 2 heterocycles. The van der Waals surface area contributed by atoms with Gasteiger partial charge in [-0.25, -0.2) is 4.99 Å². The van der Waals surface area contributed by atoms with Crippen molar-refractivity contribution in [3.8, 4) is 0 Å². The lowest BCUT2D eigenvalue weighted by Gasteiger charge is -2.11. The first-order valence-corrected chi connectivity index (χ1v) is 8.62. The first-order valence-electron chi connectivity index (χ1n) is 8.62. The van der Waals surface area contributed by atoms with Gasteiger partial charge >= 0.3 is 0 Å². The maximum Gasteiger partial charge on any atom is 0.191 e. The SMILES string of the molecule is CCNC(=NCc1ccc(C)cc1)NCCc1nnc2ccccn12.I. The van der Waals surface area contributed by atoms with E-state index in [1.807, 2.05) is 28.8 Å². The second kappa shape index (κ2) is 10.1. The number of rotatable bonds is 6. The van der Waals surface area contributed by atoms with Gasteiger partial charge in [0.25, 0.3) is 0 Å². The number of benzene rings is 1. The molecule has 0 aliphatic carbocycles. The molecule has 138 valence electrons. The highest BCUT2D eigenvalue weighted by atomic mass is 127. The molecule has 0 spiro atoms. The number of hydrogen-bond donors (Lipinski definition) is 2. The van der Waals surface area contributed by atoms with Gasteiger partial charge in [-0.3, -0.25) is 4.40 Å². The van der Waals surface area contributed by atoms with Crippen LogP contribution in [0.2, 0.25) is 0 Å². The molecule has 0 radical (unpaired) electrons. The normalized spacial score (nSPS) is 11.2. The molecule has 0 aliphatic rings. The third-order valence-corrected chi connectivity index (χ3v) is 3.91. The number of aromatic nitrogens is 3. The van der Waals surface area contributed by atoms with Gasteiger partial charge in [0.15, 0.2) is 11.6 Å². The molecular weight excluding hydrogens is 439 g/mol. The van der Waals surface area contributed by atoms with E-state index in [9.17, 15) is 0 Å². The Labute approximate surface area is 171 Å². The zero-order valence-corrected chi connectivity index (χ0v) is 17.5. The third-order valence-electron chi connectivity index (χ3n) is 3.91. The predicted octanol–water partition coefficient (Wildman–Crippen LogP) is 2.95. The quantitative estimate of drug-likeness (QED) is 0.335. The summed E-state index contributed by atoms with van der Waals surface area (Å²) in [4.78, 5) is 4.65. The van der Waals surface area contributed by atoms with E-state index in [0.717, 1.165) is 36.9 Å². The van der Waals surface area contributed by atoms with Crippen LogP contribution in [0.4, 0.5) is 0 Å². The fraction of sp³-hybridized carbons (Fsp3) is 0.316. The summed E-state index contributed by atoms with van der Waals surface area (Å²) in [5.74, 6) is 1.76. The van der Waals surface area contributed by atoms with Crippen molar-refractivity contribution in [2.24, 2.45) is 4.99 Å². The molecule has 0 atom stereocenters. The number of pyridine rings is 1. The smallest absolute Gasteiger partial charge is 0.191 e. The van der Waals surface area contributed by atoms with Crippen LogP contribution in [-0.2, 0) is 13.0 Å². The molecule has 7 heteroatoms. The maximum atomic E-state index is 4.65. The molecule has 0 amide bonds. The Kier molecular flexibility index (Phi) is 7.83. The number of nitrogens with zero attached hydrogens (tertiary/aromatic N) is 4. The number of halogens is 1. The number of hydrogen-bond acceptors (Lipinski definition) is 3. The van der Waals surface area contributed by atoms with E-state index in [2.05, 4.69) is 63.9 Å². The largest absolute Gasteiger partial charge is 0.357 e. The van der Waals surface area contributed by atoms with Crippen molar-refractivity contribution in [3.63, 3.8) is 0 Å². The Hall–Kier alpha value is -2.16. The molecule has 3 aromatic rings. The molecule has 1 aromatic carbocycles. The highest BCUT2D eigenvalue weighted by Crippen LogP contribution is 2.05. The Balaban J connectivity index is 0.00000243. The monoisotopic (exact) mass is 464 g/mol. The number of nitrogens with one attached hydrogen (secondary N) is 2. The summed E-state index contributed by atoms with van der Waals surface area (Å²) in [6, 6.07) is 14.4. The van der Waals surface area contributed by atoms with Crippen molar-refractivity contribution >= 4 is 35.6 Å². The van der Waals surface area contributed by atoms with Crippen molar-refractivity contribution in [2.75, 3.05) is 13.1 Å². The lowest BCUT2D eigenvalue weighted by atomic mass is 10.1. The Morgan fingerprint density at radius 1 is 1.08 bits per heavy atom. The fourth-order valence-electron chi connectivity index (χ4n) is 2.56. The average Bonchev–Trinajstić information content (AvgIpc) is 3.04. The van der Waals surface area contributed by atoms with Crippen LogP contribution in [0.15, 0.2) is 53.7 Å². The molecule has 0 saturated carbocycles. The first-order chi connectivity index (χ1) is 12.3. The maximum absolute atomic E-state index is 4.65. The molecular formula is C19H25IN6. The van der Waals surface area contributed by atoms with Gasteiger partial charge < -0.3 is 10.6 Å². The Bertz CT molecular complexity index is 841. The zero-order chi connectivity index (χ0) is 17.5. The summed E-state index contributed by atoms with van der Waals surface area (Å²) in [6.07, 6.45) is 2.77. The minimum atomic E-state index is 0. The molecule has 0 bridgehead atoms. The van der Waals surface area contributed by atoms with E-state index >= 15 is 0 Å². The molecule has 2 N–H and O–H groups in total. The predicted molar refractivity (Wildman–Crippen MR) is 116 cm³/mol. The summed E-state index contributed by atoms with van der Waals surface area (Å²) < 4.78 is 2.01. The highest BCUT2D eigenvalue weighted by Gasteiger charge is 2.05. The fourth-order valence-corrected chi connectivity index (χ4v) is 2.56. The molecule has 0 fully saturated rings. The summed E-state index contributed by atoms with van der Waals surface area (Å²) in [7, 11) is 0. The number of fused-ring (bicyclic) bond motifs is 1. The van der Waals surface area contributed by atoms with Crippen LogP contribution in [0.5, 0.6) is 0 Å². The van der Waals surface area contributed by atoms with Gasteiger partial charge in [0.2, 0.25) is 0 Å². The number of aryl methyl sites for hydroxylation is 1. The third kappa shape index (κ3) is 5.42. The highest BCUT2D eigenvalue weighted by molar-refractivity contribution is 14.0. The van der Waals surface area contributed by atoms with Gasteiger partial charge in [0, 0.05) is 25.7 Å². The van der Waals surface area contributed by atoms with Gasteiger partial charge in [0.1, 0.15) is 5.82 Å². The van der Waals surface area contributed by atoms with Crippen molar-refractivity contribution in [1.29, 1.82) is 0 Å². The minimum Gasteiger partial charge on any atom is -0.357 e. The van der Waals surface area contributed by atoms with Crippen LogP contribution in [0, 0.1) is 6.92 Å². The lowest BCUT2D eigenvalue weighted by molar-refractivity contribution is 0.763.